The minimum absolute atomic E-state index is 0.0447. The molecule has 0 saturated heterocycles. The van der Waals surface area contributed by atoms with Gasteiger partial charge in [0.05, 0.1) is 0 Å². The van der Waals surface area contributed by atoms with Crippen molar-refractivity contribution in [2.45, 2.75) is 39.9 Å². The quantitative estimate of drug-likeness (QED) is 0.583. The molecule has 1 aromatic heterocycles. The van der Waals surface area contributed by atoms with E-state index in [1.165, 1.54) is 0 Å². The largest absolute Gasteiger partial charge is 0.336 e. The van der Waals surface area contributed by atoms with Crippen molar-refractivity contribution >= 4 is 17.6 Å². The SMILES string of the molecule is Cc1ccccc1CN(Cc1cccnc1)C(=O)c1ccc(NC(=O)NC(C)C)cc1. The molecule has 1 heterocycles. The Morgan fingerprint density at radius 1 is 0.968 bits per heavy atom. The number of aryl methyl sites for hydroxylation is 1. The number of rotatable bonds is 7. The van der Waals surface area contributed by atoms with E-state index in [2.05, 4.69) is 15.6 Å². The molecule has 6 nitrogen and oxygen atoms in total. The zero-order chi connectivity index (χ0) is 22.2. The van der Waals surface area contributed by atoms with E-state index < -0.39 is 0 Å². The first-order valence-corrected chi connectivity index (χ1v) is 10.3. The van der Waals surface area contributed by atoms with E-state index >= 15 is 0 Å². The standard InChI is InChI=1S/C25H28N4O2/c1-18(2)27-25(31)28-23-12-10-21(11-13-23)24(30)29(16-20-8-6-14-26-15-20)17-22-9-5-4-7-19(22)3/h4-15,18H,16-17H2,1-3H3,(H2,27,28,31). The molecule has 0 aliphatic carbocycles. The first kappa shape index (κ1) is 22.0. The van der Waals surface area contributed by atoms with Crippen molar-refractivity contribution in [1.82, 2.24) is 15.2 Å². The summed E-state index contributed by atoms with van der Waals surface area (Å²) in [6.45, 7) is 6.79. The molecule has 31 heavy (non-hydrogen) atoms. The molecule has 0 aliphatic rings. The number of nitrogens with zero attached hydrogens (tertiary/aromatic N) is 2. The first-order valence-electron chi connectivity index (χ1n) is 10.3. The van der Waals surface area contributed by atoms with Crippen molar-refractivity contribution in [2.75, 3.05) is 5.32 Å². The molecular weight excluding hydrogens is 388 g/mol. The summed E-state index contributed by atoms with van der Waals surface area (Å²) < 4.78 is 0. The van der Waals surface area contributed by atoms with Crippen LogP contribution in [0.2, 0.25) is 0 Å². The Kier molecular flexibility index (Phi) is 7.38. The number of carbonyl (C=O) groups excluding carboxylic acids is 2. The number of aromatic nitrogens is 1. The Balaban J connectivity index is 1.78. The third-order valence-electron chi connectivity index (χ3n) is 4.82. The van der Waals surface area contributed by atoms with Crippen molar-refractivity contribution in [3.05, 3.63) is 95.3 Å². The second kappa shape index (κ2) is 10.4. The van der Waals surface area contributed by atoms with Gasteiger partial charge in [0.1, 0.15) is 0 Å². The summed E-state index contributed by atoms with van der Waals surface area (Å²) in [7, 11) is 0. The van der Waals surface area contributed by atoms with Gasteiger partial charge in [-0.2, -0.15) is 0 Å². The summed E-state index contributed by atoms with van der Waals surface area (Å²) in [5.41, 5.74) is 4.40. The molecule has 2 N–H and O–H groups in total. The molecule has 2 aromatic carbocycles. The van der Waals surface area contributed by atoms with Crippen LogP contribution in [0.25, 0.3) is 0 Å². The molecule has 3 aromatic rings. The van der Waals surface area contributed by atoms with Gasteiger partial charge in [0, 0.05) is 42.8 Å². The second-order valence-electron chi connectivity index (χ2n) is 7.78. The Hall–Kier alpha value is -3.67. The molecule has 3 rings (SSSR count). The van der Waals surface area contributed by atoms with Crippen molar-refractivity contribution < 1.29 is 9.59 Å². The molecule has 160 valence electrons. The monoisotopic (exact) mass is 416 g/mol. The molecule has 0 atom stereocenters. The number of hydrogen-bond acceptors (Lipinski definition) is 3. The molecule has 0 unspecified atom stereocenters. The number of hydrogen-bond donors (Lipinski definition) is 2. The van der Waals surface area contributed by atoms with Crippen LogP contribution in [0.15, 0.2) is 73.1 Å². The van der Waals surface area contributed by atoms with Crippen LogP contribution in [0.1, 0.15) is 40.9 Å². The summed E-state index contributed by atoms with van der Waals surface area (Å²) in [4.78, 5) is 31.2. The summed E-state index contributed by atoms with van der Waals surface area (Å²) in [6.07, 6.45) is 3.50. The van der Waals surface area contributed by atoms with E-state index in [9.17, 15) is 9.59 Å². The zero-order valence-electron chi connectivity index (χ0n) is 18.1. The highest BCUT2D eigenvalue weighted by atomic mass is 16.2. The third-order valence-corrected chi connectivity index (χ3v) is 4.82. The van der Waals surface area contributed by atoms with E-state index in [1.807, 2.05) is 62.1 Å². The molecule has 0 spiro atoms. The van der Waals surface area contributed by atoms with Gasteiger partial charge < -0.3 is 15.5 Å². The summed E-state index contributed by atoms with van der Waals surface area (Å²) in [5, 5.41) is 5.55. The van der Waals surface area contributed by atoms with E-state index in [1.54, 1.807) is 36.7 Å². The van der Waals surface area contributed by atoms with Crippen LogP contribution in [-0.2, 0) is 13.1 Å². The number of nitrogens with one attached hydrogen (secondary N) is 2. The third kappa shape index (κ3) is 6.40. The maximum absolute atomic E-state index is 13.3. The maximum atomic E-state index is 13.3. The highest BCUT2D eigenvalue weighted by molar-refractivity contribution is 5.95. The van der Waals surface area contributed by atoms with Crippen LogP contribution >= 0.6 is 0 Å². The van der Waals surface area contributed by atoms with Crippen LogP contribution in [-0.4, -0.2) is 27.9 Å². The van der Waals surface area contributed by atoms with Crippen LogP contribution < -0.4 is 10.6 Å². The van der Waals surface area contributed by atoms with Gasteiger partial charge in [0.2, 0.25) is 0 Å². The average Bonchev–Trinajstić information content (AvgIpc) is 2.75. The zero-order valence-corrected chi connectivity index (χ0v) is 18.1. The van der Waals surface area contributed by atoms with Gasteiger partial charge >= 0.3 is 6.03 Å². The van der Waals surface area contributed by atoms with Crippen LogP contribution in [0.4, 0.5) is 10.5 Å². The van der Waals surface area contributed by atoms with Gasteiger partial charge in [-0.15, -0.1) is 0 Å². The lowest BCUT2D eigenvalue weighted by molar-refractivity contribution is 0.0729. The molecule has 0 saturated carbocycles. The van der Waals surface area contributed by atoms with Crippen LogP contribution in [0.5, 0.6) is 0 Å². The minimum Gasteiger partial charge on any atom is -0.336 e. The summed E-state index contributed by atoms with van der Waals surface area (Å²) in [6, 6.07) is 18.6. The van der Waals surface area contributed by atoms with E-state index in [0.717, 1.165) is 16.7 Å². The Morgan fingerprint density at radius 2 is 1.71 bits per heavy atom. The highest BCUT2D eigenvalue weighted by Crippen LogP contribution is 2.18. The number of anilines is 1. The maximum Gasteiger partial charge on any atom is 0.319 e. The minimum atomic E-state index is -0.271. The molecule has 0 fully saturated rings. The first-order chi connectivity index (χ1) is 14.9. The van der Waals surface area contributed by atoms with Crippen molar-refractivity contribution in [1.29, 1.82) is 0 Å². The lowest BCUT2D eigenvalue weighted by Crippen LogP contribution is -2.34. The van der Waals surface area contributed by atoms with Gasteiger partial charge in [-0.1, -0.05) is 30.3 Å². The molecule has 6 heteroatoms. The number of carbonyl (C=O) groups is 2. The fraction of sp³-hybridized carbons (Fsp3) is 0.240. The smallest absolute Gasteiger partial charge is 0.319 e. The number of benzene rings is 2. The molecule has 0 bridgehead atoms. The van der Waals surface area contributed by atoms with Crippen LogP contribution in [0.3, 0.4) is 0 Å². The van der Waals surface area contributed by atoms with Crippen molar-refractivity contribution in [2.24, 2.45) is 0 Å². The van der Waals surface area contributed by atoms with Gasteiger partial charge in [0.25, 0.3) is 5.91 Å². The fourth-order valence-electron chi connectivity index (χ4n) is 3.21. The summed E-state index contributed by atoms with van der Waals surface area (Å²) in [5.74, 6) is -0.0784. The van der Waals surface area contributed by atoms with E-state index in [0.29, 0.717) is 24.3 Å². The molecule has 0 aliphatic heterocycles. The fourth-order valence-corrected chi connectivity index (χ4v) is 3.21. The van der Waals surface area contributed by atoms with Gasteiger partial charge in [-0.3, -0.25) is 9.78 Å². The number of amides is 3. The topological polar surface area (TPSA) is 74.3 Å². The van der Waals surface area contributed by atoms with Crippen molar-refractivity contribution in [3.63, 3.8) is 0 Å². The van der Waals surface area contributed by atoms with Gasteiger partial charge in [-0.25, -0.2) is 4.79 Å². The van der Waals surface area contributed by atoms with Gasteiger partial charge in [0.15, 0.2) is 0 Å². The lowest BCUT2D eigenvalue weighted by atomic mass is 10.1. The normalized spacial score (nSPS) is 10.6. The highest BCUT2D eigenvalue weighted by Gasteiger charge is 2.18. The second-order valence-corrected chi connectivity index (χ2v) is 7.78. The molecule has 0 radical (unpaired) electrons. The number of urea groups is 1. The predicted molar refractivity (Wildman–Crippen MR) is 123 cm³/mol. The Morgan fingerprint density at radius 3 is 2.35 bits per heavy atom. The van der Waals surface area contributed by atoms with Crippen LogP contribution in [0, 0.1) is 6.92 Å². The van der Waals surface area contributed by atoms with E-state index in [-0.39, 0.29) is 18.0 Å². The molecular formula is C25H28N4O2. The Bertz CT molecular complexity index is 1020. The predicted octanol–water partition coefficient (Wildman–Crippen LogP) is 4.76. The van der Waals surface area contributed by atoms with Crippen molar-refractivity contribution in [3.8, 4) is 0 Å². The van der Waals surface area contributed by atoms with E-state index in [4.69, 9.17) is 0 Å². The average molecular weight is 417 g/mol. The summed E-state index contributed by atoms with van der Waals surface area (Å²) >= 11 is 0. The lowest BCUT2D eigenvalue weighted by Gasteiger charge is -2.24. The number of pyridine rings is 1. The van der Waals surface area contributed by atoms with Gasteiger partial charge in [-0.05, 0) is 67.8 Å². The molecule has 3 amide bonds. The Labute approximate surface area is 183 Å².